The number of carbonyl (C=O) groups is 2. The average molecular weight is 320 g/mol. The van der Waals surface area contributed by atoms with Crippen molar-refractivity contribution in [1.82, 2.24) is 9.80 Å². The first kappa shape index (κ1) is 17.4. The lowest BCUT2D eigenvalue weighted by molar-refractivity contribution is -0.144. The summed E-state index contributed by atoms with van der Waals surface area (Å²) in [5.74, 6) is -0.0344. The number of halogens is 1. The molecule has 1 aromatic rings. The highest BCUT2D eigenvalue weighted by atomic mass is 19.1. The molecule has 126 valence electrons. The van der Waals surface area contributed by atoms with Crippen LogP contribution in [0.5, 0.6) is 0 Å². The molecule has 1 aromatic carbocycles. The van der Waals surface area contributed by atoms with E-state index in [1.807, 2.05) is 30.6 Å². The molecule has 0 aliphatic carbocycles. The smallest absolute Gasteiger partial charge is 0.228 e. The number of hydrogen-bond acceptors (Lipinski definition) is 2. The van der Waals surface area contributed by atoms with Crippen LogP contribution in [0.15, 0.2) is 24.3 Å². The molecule has 1 heterocycles. The third kappa shape index (κ3) is 4.78. The van der Waals surface area contributed by atoms with Crippen LogP contribution in [-0.4, -0.2) is 47.8 Å². The zero-order valence-corrected chi connectivity index (χ0v) is 14.1. The van der Waals surface area contributed by atoms with Crippen LogP contribution in [-0.2, 0) is 16.0 Å². The van der Waals surface area contributed by atoms with Crippen molar-refractivity contribution in [1.29, 1.82) is 0 Å². The van der Waals surface area contributed by atoms with Gasteiger partial charge in [0.1, 0.15) is 5.82 Å². The predicted octanol–water partition coefficient (Wildman–Crippen LogP) is 2.48. The molecule has 5 heteroatoms. The summed E-state index contributed by atoms with van der Waals surface area (Å²) in [4.78, 5) is 28.1. The van der Waals surface area contributed by atoms with Gasteiger partial charge in [0, 0.05) is 38.0 Å². The second-order valence-electron chi connectivity index (χ2n) is 7.05. The van der Waals surface area contributed by atoms with Crippen LogP contribution in [0, 0.1) is 11.2 Å². The van der Waals surface area contributed by atoms with Crippen molar-refractivity contribution in [2.24, 2.45) is 5.41 Å². The van der Waals surface area contributed by atoms with E-state index in [1.165, 1.54) is 12.1 Å². The van der Waals surface area contributed by atoms with Gasteiger partial charge in [0.25, 0.3) is 0 Å². The number of benzene rings is 1. The Hall–Kier alpha value is -1.91. The molecule has 1 saturated heterocycles. The maximum atomic E-state index is 12.9. The molecule has 1 aliphatic heterocycles. The van der Waals surface area contributed by atoms with Gasteiger partial charge >= 0.3 is 0 Å². The van der Waals surface area contributed by atoms with Gasteiger partial charge in [-0.15, -0.1) is 0 Å². The van der Waals surface area contributed by atoms with E-state index in [1.54, 1.807) is 12.1 Å². The van der Waals surface area contributed by atoms with Crippen LogP contribution in [0.4, 0.5) is 4.39 Å². The Morgan fingerprint density at radius 3 is 2.04 bits per heavy atom. The van der Waals surface area contributed by atoms with Crippen molar-refractivity contribution < 1.29 is 14.0 Å². The normalized spacial score (nSPS) is 15.7. The van der Waals surface area contributed by atoms with Crippen molar-refractivity contribution in [2.75, 3.05) is 26.2 Å². The summed E-state index contributed by atoms with van der Waals surface area (Å²) in [6, 6.07) is 6.25. The highest BCUT2D eigenvalue weighted by Gasteiger charge is 2.30. The van der Waals surface area contributed by atoms with Crippen LogP contribution in [0.3, 0.4) is 0 Å². The Morgan fingerprint density at radius 2 is 1.52 bits per heavy atom. The third-order valence-electron chi connectivity index (χ3n) is 4.10. The maximum Gasteiger partial charge on any atom is 0.228 e. The lowest BCUT2D eigenvalue weighted by Crippen LogP contribution is -2.53. The van der Waals surface area contributed by atoms with E-state index in [2.05, 4.69) is 0 Å². The number of amides is 2. The van der Waals surface area contributed by atoms with Crippen LogP contribution in [0.1, 0.15) is 32.8 Å². The molecule has 1 aliphatic rings. The molecule has 2 rings (SSSR count). The summed E-state index contributed by atoms with van der Waals surface area (Å²) < 4.78 is 12.9. The van der Waals surface area contributed by atoms with Crippen LogP contribution in [0.2, 0.25) is 0 Å². The van der Waals surface area contributed by atoms with Crippen LogP contribution < -0.4 is 0 Å². The van der Waals surface area contributed by atoms with Gasteiger partial charge in [0.15, 0.2) is 0 Å². The minimum atomic E-state index is -0.380. The van der Waals surface area contributed by atoms with Crippen molar-refractivity contribution in [3.8, 4) is 0 Å². The van der Waals surface area contributed by atoms with Gasteiger partial charge in [-0.25, -0.2) is 4.39 Å². The molecule has 0 aromatic heterocycles. The molecule has 0 N–H and O–H groups in total. The fourth-order valence-corrected chi connectivity index (χ4v) is 2.69. The largest absolute Gasteiger partial charge is 0.339 e. The molecule has 0 radical (unpaired) electrons. The average Bonchev–Trinajstić information content (AvgIpc) is 2.52. The number of nitrogens with zero attached hydrogens (tertiary/aromatic N) is 2. The minimum absolute atomic E-state index is 0.0946. The second-order valence-corrected chi connectivity index (χ2v) is 7.05. The van der Waals surface area contributed by atoms with E-state index in [0.29, 0.717) is 39.0 Å². The summed E-state index contributed by atoms with van der Waals surface area (Å²) in [6.45, 7) is 8.10. The summed E-state index contributed by atoms with van der Waals surface area (Å²) >= 11 is 0. The van der Waals surface area contributed by atoms with E-state index in [-0.39, 0.29) is 23.0 Å². The molecule has 0 saturated carbocycles. The Bertz CT molecular complexity index is 555. The Balaban J connectivity index is 1.79. The molecule has 0 atom stereocenters. The van der Waals surface area contributed by atoms with E-state index in [9.17, 15) is 14.0 Å². The van der Waals surface area contributed by atoms with E-state index >= 15 is 0 Å². The first-order valence-corrected chi connectivity index (χ1v) is 8.09. The van der Waals surface area contributed by atoms with Gasteiger partial charge < -0.3 is 9.80 Å². The number of aryl methyl sites for hydroxylation is 1. The molecule has 23 heavy (non-hydrogen) atoms. The van der Waals surface area contributed by atoms with E-state index in [0.717, 1.165) is 5.56 Å². The van der Waals surface area contributed by atoms with E-state index < -0.39 is 0 Å². The van der Waals surface area contributed by atoms with Crippen molar-refractivity contribution in [3.05, 3.63) is 35.6 Å². The topological polar surface area (TPSA) is 40.6 Å². The fourth-order valence-electron chi connectivity index (χ4n) is 2.69. The summed E-state index contributed by atoms with van der Waals surface area (Å²) in [5.41, 5.74) is 0.579. The molecule has 1 fully saturated rings. The monoisotopic (exact) mass is 320 g/mol. The molecular formula is C18H25FN2O2. The Morgan fingerprint density at radius 1 is 1.00 bits per heavy atom. The van der Waals surface area contributed by atoms with Gasteiger partial charge in [0.2, 0.25) is 11.8 Å². The van der Waals surface area contributed by atoms with Crippen molar-refractivity contribution in [3.63, 3.8) is 0 Å². The molecule has 0 unspecified atom stereocenters. The Labute approximate surface area is 137 Å². The number of hydrogen-bond donors (Lipinski definition) is 0. The fraction of sp³-hybridized carbons (Fsp3) is 0.556. The quantitative estimate of drug-likeness (QED) is 0.858. The van der Waals surface area contributed by atoms with Crippen molar-refractivity contribution in [2.45, 2.75) is 33.6 Å². The Kier molecular flexibility index (Phi) is 5.39. The first-order valence-electron chi connectivity index (χ1n) is 8.09. The molecule has 4 nitrogen and oxygen atoms in total. The number of piperazine rings is 1. The molecular weight excluding hydrogens is 295 g/mol. The SMILES string of the molecule is CC(C)(C)C(=O)N1CCN(C(=O)CCc2ccc(F)cc2)CC1. The minimum Gasteiger partial charge on any atom is -0.339 e. The van der Waals surface area contributed by atoms with Gasteiger partial charge in [-0.3, -0.25) is 9.59 Å². The van der Waals surface area contributed by atoms with Crippen molar-refractivity contribution >= 4 is 11.8 Å². The third-order valence-corrected chi connectivity index (χ3v) is 4.10. The molecule has 2 amide bonds. The molecule has 0 bridgehead atoms. The highest BCUT2D eigenvalue weighted by Crippen LogP contribution is 2.19. The summed E-state index contributed by atoms with van der Waals surface area (Å²) in [5, 5.41) is 0. The predicted molar refractivity (Wildman–Crippen MR) is 87.3 cm³/mol. The van der Waals surface area contributed by atoms with Gasteiger partial charge in [-0.05, 0) is 24.1 Å². The summed E-state index contributed by atoms with van der Waals surface area (Å²) in [6.07, 6.45) is 1.03. The van der Waals surface area contributed by atoms with Crippen LogP contribution in [0.25, 0.3) is 0 Å². The zero-order valence-electron chi connectivity index (χ0n) is 14.1. The lowest BCUT2D eigenvalue weighted by atomic mass is 9.94. The lowest BCUT2D eigenvalue weighted by Gasteiger charge is -2.37. The van der Waals surface area contributed by atoms with Gasteiger partial charge in [-0.1, -0.05) is 32.9 Å². The maximum absolute atomic E-state index is 12.9. The summed E-state index contributed by atoms with van der Waals surface area (Å²) in [7, 11) is 0. The second kappa shape index (κ2) is 7.11. The van der Waals surface area contributed by atoms with E-state index in [4.69, 9.17) is 0 Å². The number of carbonyl (C=O) groups excluding carboxylic acids is 2. The van der Waals surface area contributed by atoms with Crippen LogP contribution >= 0.6 is 0 Å². The standard InChI is InChI=1S/C18H25FN2O2/c1-18(2,3)17(23)21-12-10-20(11-13-21)16(22)9-6-14-4-7-15(19)8-5-14/h4-5,7-8H,6,9-13H2,1-3H3. The highest BCUT2D eigenvalue weighted by molar-refractivity contribution is 5.82. The zero-order chi connectivity index (χ0) is 17.0. The molecule has 0 spiro atoms. The van der Waals surface area contributed by atoms with Gasteiger partial charge in [0.05, 0.1) is 0 Å². The van der Waals surface area contributed by atoms with Gasteiger partial charge in [-0.2, -0.15) is 0 Å². The number of rotatable bonds is 3. The first-order chi connectivity index (χ1) is 10.8.